The molecular formula is C18H22Cl2N4Pt2. The Bertz CT molecular complexity index is 757. The van der Waals surface area contributed by atoms with Gasteiger partial charge < -0.3 is 11.5 Å². The summed E-state index contributed by atoms with van der Waals surface area (Å²) in [5, 5.41) is 4.48. The summed E-state index contributed by atoms with van der Waals surface area (Å²) in [4.78, 5) is 4.35. The number of rotatable bonds is 2. The van der Waals surface area contributed by atoms with Crippen LogP contribution in [0.2, 0.25) is 0 Å². The Morgan fingerprint density at radius 1 is 1.19 bits per heavy atom. The van der Waals surface area contributed by atoms with Crippen molar-refractivity contribution in [3.05, 3.63) is 61.0 Å². The molecule has 0 unspecified atom stereocenters. The molecule has 0 atom stereocenters. The average molecular weight is 755 g/mol. The molecule has 0 saturated carbocycles. The standard InChI is InChI=1S/C15H15N4.C3H7.2ClH.2Pt/c1-11-9-12(2)19(17-11)14-6-4-5-13(10-14)15-16-7-8-18(15)3;1-3-2;;;;/h4-9H,1-3H3;1,3H2,2H3;2*1H;;/q2*-1;;;2*+2/p-2. The number of hydrogen-bond donors (Lipinski definition) is 0. The van der Waals surface area contributed by atoms with E-state index < -0.39 is 0 Å². The molecule has 2 aromatic heterocycles. The summed E-state index contributed by atoms with van der Waals surface area (Å²) in [5.41, 5.74) is 4.02. The molecule has 8 heteroatoms. The van der Waals surface area contributed by atoms with Crippen LogP contribution >= 0.6 is 18.8 Å². The fraction of sp³-hybridized carbons (Fsp3) is 0.278. The van der Waals surface area contributed by atoms with Crippen LogP contribution in [0.4, 0.5) is 0 Å². The van der Waals surface area contributed by atoms with Gasteiger partial charge in [-0.1, -0.05) is 6.92 Å². The van der Waals surface area contributed by atoms with E-state index in [-0.39, 0.29) is 0 Å². The van der Waals surface area contributed by atoms with Gasteiger partial charge in [0.2, 0.25) is 0 Å². The number of halogens is 2. The van der Waals surface area contributed by atoms with Crippen LogP contribution in [0.15, 0.2) is 36.7 Å². The number of nitrogens with zero attached hydrogens (tertiary/aromatic N) is 4. The normalized spacial score (nSPS) is 9.19. The zero-order chi connectivity index (χ0) is 20.1. The second-order valence-corrected chi connectivity index (χ2v) is 5.15. The third-order valence-corrected chi connectivity index (χ3v) is 3.08. The second kappa shape index (κ2) is 14.6. The van der Waals surface area contributed by atoms with Gasteiger partial charge >= 0.3 is 56.4 Å². The molecule has 0 spiro atoms. The molecule has 3 aromatic rings. The van der Waals surface area contributed by atoms with E-state index in [0.717, 1.165) is 34.9 Å². The molecule has 0 aliphatic heterocycles. The zero-order valence-corrected chi connectivity index (χ0v) is 21.1. The van der Waals surface area contributed by atoms with E-state index in [1.165, 1.54) is 0 Å². The molecule has 0 fully saturated rings. The van der Waals surface area contributed by atoms with E-state index in [2.05, 4.69) is 48.0 Å². The van der Waals surface area contributed by atoms with Crippen LogP contribution in [0.1, 0.15) is 24.7 Å². The van der Waals surface area contributed by atoms with Gasteiger partial charge in [-0.2, -0.15) is 11.5 Å². The summed E-state index contributed by atoms with van der Waals surface area (Å²) in [7, 11) is 11.2. The molecule has 0 aliphatic rings. The van der Waals surface area contributed by atoms with Crippen molar-refractivity contribution in [1.29, 1.82) is 0 Å². The minimum atomic E-state index is 0.906. The molecule has 26 heavy (non-hydrogen) atoms. The van der Waals surface area contributed by atoms with E-state index in [1.54, 1.807) is 43.7 Å². The SMILES string of the molecule is Cc1cc(C)n(-c2[c-]c(-c3nccn3C)ccc2)n1.[CH2-]CC.[Cl][Pt+].[Cl][Pt+]. The van der Waals surface area contributed by atoms with Crippen molar-refractivity contribution in [2.75, 3.05) is 0 Å². The van der Waals surface area contributed by atoms with Crippen LogP contribution in [0.3, 0.4) is 0 Å². The summed E-state index contributed by atoms with van der Waals surface area (Å²) in [6.45, 7) is 9.54. The van der Waals surface area contributed by atoms with Gasteiger partial charge in [0.25, 0.3) is 0 Å². The molecule has 0 bridgehead atoms. The van der Waals surface area contributed by atoms with Crippen molar-refractivity contribution < 1.29 is 37.5 Å². The maximum atomic E-state index is 4.61. The van der Waals surface area contributed by atoms with Crippen molar-refractivity contribution in [3.8, 4) is 17.1 Å². The third kappa shape index (κ3) is 7.68. The Morgan fingerprint density at radius 3 is 2.27 bits per heavy atom. The molecule has 3 rings (SSSR count). The van der Waals surface area contributed by atoms with Crippen LogP contribution in [-0.2, 0) is 44.6 Å². The topological polar surface area (TPSA) is 35.6 Å². The molecule has 2 heterocycles. The van der Waals surface area contributed by atoms with Crippen molar-refractivity contribution in [3.63, 3.8) is 0 Å². The fourth-order valence-electron chi connectivity index (χ4n) is 2.21. The van der Waals surface area contributed by atoms with Gasteiger partial charge in [0, 0.05) is 25.1 Å². The van der Waals surface area contributed by atoms with Gasteiger partial charge in [0.05, 0.1) is 11.5 Å². The molecule has 0 N–H and O–H groups in total. The predicted octanol–water partition coefficient (Wildman–Crippen LogP) is 5.29. The summed E-state index contributed by atoms with van der Waals surface area (Å²) < 4.78 is 3.89. The molecule has 0 aliphatic carbocycles. The number of aromatic nitrogens is 4. The Morgan fingerprint density at radius 2 is 1.81 bits per heavy atom. The Hall–Kier alpha value is -0.403. The molecular weight excluding hydrogens is 733 g/mol. The second-order valence-electron chi connectivity index (χ2n) is 5.15. The van der Waals surface area contributed by atoms with Crippen LogP contribution in [-0.4, -0.2) is 19.3 Å². The van der Waals surface area contributed by atoms with Crippen molar-refractivity contribution in [2.24, 2.45) is 7.05 Å². The number of hydrogen-bond acceptors (Lipinski definition) is 2. The van der Waals surface area contributed by atoms with E-state index in [9.17, 15) is 0 Å². The molecule has 0 radical (unpaired) electrons. The van der Waals surface area contributed by atoms with Gasteiger partial charge in [0.1, 0.15) is 0 Å². The number of benzene rings is 1. The van der Waals surface area contributed by atoms with E-state index in [0.29, 0.717) is 0 Å². The third-order valence-electron chi connectivity index (χ3n) is 3.08. The quantitative estimate of drug-likeness (QED) is 0.334. The van der Waals surface area contributed by atoms with Gasteiger partial charge in [-0.15, -0.1) is 29.8 Å². The van der Waals surface area contributed by atoms with Crippen molar-refractivity contribution in [1.82, 2.24) is 19.3 Å². The van der Waals surface area contributed by atoms with E-state index >= 15 is 0 Å². The first-order valence-corrected chi connectivity index (χ1v) is 13.3. The first-order valence-electron chi connectivity index (χ1n) is 7.63. The number of imidazole rings is 1. The first kappa shape index (κ1) is 25.6. The molecule has 0 amide bonds. The summed E-state index contributed by atoms with van der Waals surface area (Å²) in [6.07, 6.45) is 4.72. The van der Waals surface area contributed by atoms with Crippen molar-refractivity contribution in [2.45, 2.75) is 27.2 Å². The molecule has 1 aromatic carbocycles. The van der Waals surface area contributed by atoms with Gasteiger partial charge in [0.15, 0.2) is 0 Å². The Labute approximate surface area is 187 Å². The van der Waals surface area contributed by atoms with E-state index in [1.807, 2.05) is 61.5 Å². The Kier molecular flexibility index (Phi) is 14.4. The summed E-state index contributed by atoms with van der Waals surface area (Å²) >= 11 is 3.22. The van der Waals surface area contributed by atoms with E-state index in [4.69, 9.17) is 0 Å². The van der Waals surface area contributed by atoms with Crippen LogP contribution < -0.4 is 0 Å². The fourth-order valence-corrected chi connectivity index (χ4v) is 2.21. The summed E-state index contributed by atoms with van der Waals surface area (Å²) in [5.74, 6) is 0.906. The van der Waals surface area contributed by atoms with Crippen LogP contribution in [0.25, 0.3) is 17.1 Å². The van der Waals surface area contributed by atoms with Crippen molar-refractivity contribution >= 4 is 18.8 Å². The van der Waals surface area contributed by atoms with Gasteiger partial charge in [-0.3, -0.25) is 9.67 Å². The zero-order valence-electron chi connectivity index (χ0n) is 15.1. The monoisotopic (exact) mass is 754 g/mol. The first-order chi connectivity index (χ1) is 12.6. The molecule has 4 nitrogen and oxygen atoms in total. The summed E-state index contributed by atoms with van der Waals surface area (Å²) in [6, 6.07) is 11.5. The molecule has 0 saturated heterocycles. The van der Waals surface area contributed by atoms with Crippen LogP contribution in [0, 0.1) is 26.8 Å². The molecule has 148 valence electrons. The number of aryl methyl sites for hydroxylation is 3. The average Bonchev–Trinajstić information content (AvgIpc) is 3.24. The predicted molar refractivity (Wildman–Crippen MR) is 101 cm³/mol. The van der Waals surface area contributed by atoms with Gasteiger partial charge in [-0.05, 0) is 25.6 Å². The Balaban J connectivity index is 0.000000793. The van der Waals surface area contributed by atoms with Gasteiger partial charge in [-0.25, -0.2) is 0 Å². The minimum absolute atomic E-state index is 0.906. The van der Waals surface area contributed by atoms with Crippen LogP contribution in [0.5, 0.6) is 0 Å². The maximum absolute atomic E-state index is 4.61.